The van der Waals surface area contributed by atoms with Gasteiger partial charge in [-0.3, -0.25) is 0 Å². The quantitative estimate of drug-likeness (QED) is 0.754. The van der Waals surface area contributed by atoms with E-state index in [9.17, 15) is 9.18 Å². The van der Waals surface area contributed by atoms with Gasteiger partial charge in [0, 0.05) is 11.5 Å². The molecule has 0 aliphatic heterocycles. The Morgan fingerprint density at radius 3 is 2.48 bits per heavy atom. The number of methoxy groups -OCH3 is 1. The van der Waals surface area contributed by atoms with E-state index in [2.05, 4.69) is 30.3 Å². The number of allylic oxidation sites excluding steroid dienone is 1. The van der Waals surface area contributed by atoms with Gasteiger partial charge in [-0.25, -0.2) is 9.18 Å². The molecule has 3 aliphatic carbocycles. The molecule has 0 N–H and O–H groups in total. The largest absolute Gasteiger partial charge is 0.466 e. The topological polar surface area (TPSA) is 26.3 Å². The van der Waals surface area contributed by atoms with Crippen molar-refractivity contribution in [3.8, 4) is 0 Å². The van der Waals surface area contributed by atoms with Gasteiger partial charge in [0.2, 0.25) is 0 Å². The molecule has 0 saturated heterocycles. The normalized spacial score (nSPS) is 31.4. The van der Waals surface area contributed by atoms with Gasteiger partial charge in [-0.15, -0.1) is 0 Å². The van der Waals surface area contributed by atoms with E-state index < -0.39 is 0 Å². The fraction of sp³-hybridized carbons (Fsp3) is 0.318. The van der Waals surface area contributed by atoms with E-state index in [4.69, 9.17) is 4.74 Å². The standard InChI is InChI=1S/C22H19FO2/c1-25-22(24)19-10-16-14-4-2-3-5-15(14)21-17(16)11-18(19)20(21)12-6-8-13(23)9-7-12/h2-10,16-18,20-21H,11H2,1H3/t16?,17?,18?,20-,21?/m1/s1. The van der Waals surface area contributed by atoms with Gasteiger partial charge < -0.3 is 4.74 Å². The second-order valence-corrected chi connectivity index (χ2v) is 7.38. The van der Waals surface area contributed by atoms with Crippen molar-refractivity contribution < 1.29 is 13.9 Å². The van der Waals surface area contributed by atoms with Crippen molar-refractivity contribution in [2.24, 2.45) is 11.8 Å². The van der Waals surface area contributed by atoms with E-state index in [-0.39, 0.29) is 29.5 Å². The maximum atomic E-state index is 13.4. The maximum absolute atomic E-state index is 13.4. The van der Waals surface area contributed by atoms with Crippen molar-refractivity contribution in [3.05, 3.63) is 82.7 Å². The number of hydrogen-bond acceptors (Lipinski definition) is 2. The summed E-state index contributed by atoms with van der Waals surface area (Å²) in [7, 11) is 1.45. The summed E-state index contributed by atoms with van der Waals surface area (Å²) in [6, 6.07) is 15.4. The van der Waals surface area contributed by atoms with Crippen LogP contribution in [0.3, 0.4) is 0 Å². The van der Waals surface area contributed by atoms with Crippen LogP contribution in [0.5, 0.6) is 0 Å². The monoisotopic (exact) mass is 334 g/mol. The summed E-state index contributed by atoms with van der Waals surface area (Å²) in [5.74, 6) is 1.10. The van der Waals surface area contributed by atoms with Gasteiger partial charge in [-0.2, -0.15) is 0 Å². The zero-order valence-electron chi connectivity index (χ0n) is 14.0. The van der Waals surface area contributed by atoms with E-state index in [0.717, 1.165) is 17.6 Å². The molecule has 3 heteroatoms. The van der Waals surface area contributed by atoms with Crippen molar-refractivity contribution in [3.63, 3.8) is 0 Å². The summed E-state index contributed by atoms with van der Waals surface area (Å²) < 4.78 is 18.5. The number of ether oxygens (including phenoxy) is 1. The van der Waals surface area contributed by atoms with Crippen LogP contribution in [0.2, 0.25) is 0 Å². The lowest BCUT2D eigenvalue weighted by Gasteiger charge is -2.29. The van der Waals surface area contributed by atoms with Crippen LogP contribution in [0.25, 0.3) is 0 Å². The highest BCUT2D eigenvalue weighted by atomic mass is 19.1. The molecular formula is C22H19FO2. The number of carbonyl (C=O) groups excluding carboxylic acids is 1. The van der Waals surface area contributed by atoms with Crippen molar-refractivity contribution in [1.82, 2.24) is 0 Å². The Labute approximate surface area is 146 Å². The molecule has 0 amide bonds. The Balaban J connectivity index is 1.71. The van der Waals surface area contributed by atoms with Gasteiger partial charge in [0.05, 0.1) is 7.11 Å². The average Bonchev–Trinajstić information content (AvgIpc) is 3.12. The first-order chi connectivity index (χ1) is 12.2. The summed E-state index contributed by atoms with van der Waals surface area (Å²) in [5.41, 5.74) is 4.65. The second-order valence-electron chi connectivity index (χ2n) is 7.38. The van der Waals surface area contributed by atoms with Crippen LogP contribution in [0.1, 0.15) is 40.9 Å². The van der Waals surface area contributed by atoms with E-state index in [0.29, 0.717) is 11.8 Å². The van der Waals surface area contributed by atoms with Crippen LogP contribution in [0, 0.1) is 17.7 Å². The summed E-state index contributed by atoms with van der Waals surface area (Å²) >= 11 is 0. The third kappa shape index (κ3) is 1.98. The lowest BCUT2D eigenvalue weighted by atomic mass is 9.75. The van der Waals surface area contributed by atoms with Gasteiger partial charge in [0.1, 0.15) is 5.82 Å². The molecule has 1 saturated carbocycles. The van der Waals surface area contributed by atoms with E-state index in [1.54, 1.807) is 0 Å². The van der Waals surface area contributed by atoms with Crippen molar-refractivity contribution in [2.45, 2.75) is 24.2 Å². The van der Waals surface area contributed by atoms with Gasteiger partial charge in [0.15, 0.2) is 0 Å². The van der Waals surface area contributed by atoms with E-state index in [1.807, 2.05) is 12.1 Å². The zero-order chi connectivity index (χ0) is 17.1. The predicted molar refractivity (Wildman–Crippen MR) is 92.8 cm³/mol. The van der Waals surface area contributed by atoms with Crippen LogP contribution in [0.4, 0.5) is 4.39 Å². The molecule has 5 rings (SSSR count). The summed E-state index contributed by atoms with van der Waals surface area (Å²) in [6.07, 6.45) is 3.14. The van der Waals surface area contributed by atoms with Crippen LogP contribution in [-0.2, 0) is 9.53 Å². The number of esters is 1. The molecule has 2 bridgehead atoms. The van der Waals surface area contributed by atoms with Gasteiger partial charge in [-0.05, 0) is 58.9 Å². The Kier molecular flexibility index (Phi) is 3.15. The first kappa shape index (κ1) is 14.9. The number of carbonyl (C=O) groups is 1. The minimum absolute atomic E-state index is 0.150. The molecule has 4 unspecified atom stereocenters. The van der Waals surface area contributed by atoms with E-state index >= 15 is 0 Å². The van der Waals surface area contributed by atoms with Crippen molar-refractivity contribution in [1.29, 1.82) is 0 Å². The Morgan fingerprint density at radius 2 is 1.76 bits per heavy atom. The number of rotatable bonds is 2. The molecule has 3 aliphatic rings. The summed E-state index contributed by atoms with van der Waals surface area (Å²) in [4.78, 5) is 12.4. The molecule has 0 aromatic heterocycles. The molecule has 0 heterocycles. The van der Waals surface area contributed by atoms with Gasteiger partial charge in [0.25, 0.3) is 0 Å². The predicted octanol–water partition coefficient (Wildman–Crippen LogP) is 4.54. The fourth-order valence-corrected chi connectivity index (χ4v) is 5.56. The summed E-state index contributed by atoms with van der Waals surface area (Å²) in [5, 5.41) is 0. The highest BCUT2D eigenvalue weighted by Crippen LogP contribution is 2.67. The van der Waals surface area contributed by atoms with Crippen molar-refractivity contribution >= 4 is 5.97 Å². The van der Waals surface area contributed by atoms with Gasteiger partial charge >= 0.3 is 5.97 Å². The molecule has 2 aromatic carbocycles. The minimum atomic E-state index is -0.224. The minimum Gasteiger partial charge on any atom is -0.466 e. The highest BCUT2D eigenvalue weighted by molar-refractivity contribution is 5.90. The second kappa shape index (κ2) is 5.29. The van der Waals surface area contributed by atoms with Crippen molar-refractivity contribution in [2.75, 3.05) is 7.11 Å². The molecule has 126 valence electrons. The Hall–Kier alpha value is -2.42. The molecule has 0 spiro atoms. The molecule has 1 fully saturated rings. The number of hydrogen-bond donors (Lipinski definition) is 0. The van der Waals surface area contributed by atoms with E-state index in [1.165, 1.54) is 30.4 Å². The zero-order valence-corrected chi connectivity index (χ0v) is 14.0. The third-order valence-corrected chi connectivity index (χ3v) is 6.42. The highest BCUT2D eigenvalue weighted by Gasteiger charge is 2.56. The third-order valence-electron chi connectivity index (χ3n) is 6.42. The molecule has 2 aromatic rings. The van der Waals surface area contributed by atoms with Gasteiger partial charge in [-0.1, -0.05) is 42.5 Å². The summed E-state index contributed by atoms with van der Waals surface area (Å²) in [6.45, 7) is 0. The lowest BCUT2D eigenvalue weighted by Crippen LogP contribution is -2.22. The fourth-order valence-electron chi connectivity index (χ4n) is 5.56. The number of benzene rings is 2. The molecule has 0 radical (unpaired) electrons. The first-order valence-corrected chi connectivity index (χ1v) is 8.83. The average molecular weight is 334 g/mol. The maximum Gasteiger partial charge on any atom is 0.333 e. The number of halogens is 1. The number of fused-ring (bicyclic) bond motifs is 4. The molecular weight excluding hydrogens is 315 g/mol. The van der Waals surface area contributed by atoms with Crippen LogP contribution >= 0.6 is 0 Å². The van der Waals surface area contributed by atoms with Crippen LogP contribution in [-0.4, -0.2) is 13.1 Å². The van der Waals surface area contributed by atoms with Crippen LogP contribution in [0.15, 0.2) is 60.2 Å². The first-order valence-electron chi connectivity index (χ1n) is 8.83. The molecule has 2 nitrogen and oxygen atoms in total. The smallest absolute Gasteiger partial charge is 0.333 e. The Morgan fingerprint density at radius 1 is 1.04 bits per heavy atom. The Bertz CT molecular complexity index is 883. The lowest BCUT2D eigenvalue weighted by molar-refractivity contribution is -0.136. The molecule has 25 heavy (non-hydrogen) atoms. The SMILES string of the molecule is COC(=O)C1=CC2c3ccccc3C3C2CC1[C@H]3c1ccc(F)cc1. The molecule has 5 atom stereocenters. The van der Waals surface area contributed by atoms with Crippen LogP contribution < -0.4 is 0 Å².